The predicted octanol–water partition coefficient (Wildman–Crippen LogP) is 5.27. The number of carbonyl (C=O) groups is 2. The second-order valence-electron chi connectivity index (χ2n) is 5.72. The minimum atomic E-state index is -0.428. The van der Waals surface area contributed by atoms with Crippen molar-refractivity contribution in [2.24, 2.45) is 11.8 Å². The number of anilines is 1. The third-order valence-electron chi connectivity index (χ3n) is 3.75. The van der Waals surface area contributed by atoms with Crippen molar-refractivity contribution in [2.45, 2.75) is 60.3 Å². The minimum absolute atomic E-state index is 0.423. The number of ether oxygens (including phenoxy) is 1. The zero-order valence-electron chi connectivity index (χ0n) is 15.3. The van der Waals surface area contributed by atoms with Crippen molar-refractivity contribution in [1.29, 1.82) is 0 Å². The van der Waals surface area contributed by atoms with E-state index in [1.165, 1.54) is 44.1 Å². The molecule has 0 aromatic carbocycles. The highest BCUT2D eigenvalue weighted by Gasteiger charge is 2.14. The van der Waals surface area contributed by atoms with Gasteiger partial charge < -0.3 is 10.1 Å². The molecule has 0 atom stereocenters. The summed E-state index contributed by atoms with van der Waals surface area (Å²) >= 11 is 1.29. The maximum absolute atomic E-state index is 11.2. The average molecular weight is 342 g/mol. The van der Waals surface area contributed by atoms with E-state index in [0.29, 0.717) is 17.0 Å². The fraction of sp³-hybridized carbons (Fsp3) is 0.667. The van der Waals surface area contributed by atoms with E-state index in [9.17, 15) is 9.59 Å². The second-order valence-corrected chi connectivity index (χ2v) is 6.97. The van der Waals surface area contributed by atoms with Gasteiger partial charge in [-0.1, -0.05) is 53.4 Å². The van der Waals surface area contributed by atoms with Crippen LogP contribution >= 0.6 is 11.3 Å². The van der Waals surface area contributed by atoms with E-state index in [4.69, 9.17) is 0 Å². The lowest BCUT2D eigenvalue weighted by atomic mass is 9.84. The van der Waals surface area contributed by atoms with Gasteiger partial charge in [-0.15, -0.1) is 11.3 Å². The first-order valence-corrected chi connectivity index (χ1v) is 9.18. The standard InChI is InChI=1S/C8H9NO3S.C8H16.C2H6/c1-5-3-6(9-4-10)7(13-5)8(11)12-2;1-7-3-5-8(2)6-4-7;1-2/h3-4H,1-2H3,(H,9,10);7-8H,3-6H2,1-2H3;1-2H3. The van der Waals surface area contributed by atoms with E-state index in [-0.39, 0.29) is 0 Å². The molecular formula is C18H31NO3S. The van der Waals surface area contributed by atoms with Crippen molar-refractivity contribution in [3.8, 4) is 0 Å². The van der Waals surface area contributed by atoms with Crippen molar-refractivity contribution in [3.05, 3.63) is 15.8 Å². The number of hydrogen-bond donors (Lipinski definition) is 1. The van der Waals surface area contributed by atoms with Gasteiger partial charge in [-0.25, -0.2) is 4.79 Å². The molecule has 1 saturated carbocycles. The van der Waals surface area contributed by atoms with Crippen molar-refractivity contribution < 1.29 is 14.3 Å². The number of rotatable bonds is 3. The van der Waals surface area contributed by atoms with Gasteiger partial charge in [-0.05, 0) is 24.8 Å². The van der Waals surface area contributed by atoms with Gasteiger partial charge in [0.1, 0.15) is 4.88 Å². The van der Waals surface area contributed by atoms with Crippen molar-refractivity contribution in [1.82, 2.24) is 0 Å². The van der Waals surface area contributed by atoms with Crippen LogP contribution in [0, 0.1) is 18.8 Å². The normalized spacial score (nSPS) is 19.4. The predicted molar refractivity (Wildman–Crippen MR) is 98.2 cm³/mol. The highest BCUT2D eigenvalue weighted by molar-refractivity contribution is 7.14. The molecule has 1 N–H and O–H groups in total. The van der Waals surface area contributed by atoms with Crippen LogP contribution in [0.1, 0.15) is 67.9 Å². The molecule has 1 aliphatic carbocycles. The molecule has 1 aromatic heterocycles. The van der Waals surface area contributed by atoms with Gasteiger partial charge in [-0.2, -0.15) is 0 Å². The van der Waals surface area contributed by atoms with E-state index < -0.39 is 5.97 Å². The van der Waals surface area contributed by atoms with Crippen LogP contribution in [0.25, 0.3) is 0 Å². The quantitative estimate of drug-likeness (QED) is 0.602. The number of esters is 1. The summed E-state index contributed by atoms with van der Waals surface area (Å²) < 4.78 is 4.55. The fourth-order valence-corrected chi connectivity index (χ4v) is 3.25. The molecule has 23 heavy (non-hydrogen) atoms. The third-order valence-corrected chi connectivity index (χ3v) is 4.78. The molecule has 132 valence electrons. The smallest absolute Gasteiger partial charge is 0.350 e. The van der Waals surface area contributed by atoms with E-state index in [1.807, 2.05) is 20.8 Å². The monoisotopic (exact) mass is 341 g/mol. The Morgan fingerprint density at radius 1 is 1.22 bits per heavy atom. The Morgan fingerprint density at radius 3 is 2.09 bits per heavy atom. The molecule has 1 amide bonds. The fourth-order valence-electron chi connectivity index (χ4n) is 2.36. The first-order chi connectivity index (χ1) is 11.0. The van der Waals surface area contributed by atoms with E-state index in [0.717, 1.165) is 16.7 Å². The van der Waals surface area contributed by atoms with Crippen molar-refractivity contribution >= 4 is 29.4 Å². The molecule has 5 heteroatoms. The van der Waals surface area contributed by atoms with Gasteiger partial charge in [0.2, 0.25) is 6.41 Å². The molecule has 1 aromatic rings. The molecule has 4 nitrogen and oxygen atoms in total. The number of methoxy groups -OCH3 is 1. The number of amides is 1. The third kappa shape index (κ3) is 8.16. The first kappa shape index (κ1) is 21.6. The number of nitrogens with one attached hydrogen (secondary N) is 1. The lowest BCUT2D eigenvalue weighted by Gasteiger charge is -2.22. The Morgan fingerprint density at radius 2 is 1.70 bits per heavy atom. The zero-order chi connectivity index (χ0) is 17.8. The van der Waals surface area contributed by atoms with Crippen molar-refractivity contribution in [2.75, 3.05) is 12.4 Å². The molecule has 0 aliphatic heterocycles. The van der Waals surface area contributed by atoms with Crippen LogP contribution in [0.3, 0.4) is 0 Å². The molecule has 0 unspecified atom stereocenters. The summed E-state index contributed by atoms with van der Waals surface area (Å²) in [5.41, 5.74) is 0.504. The molecule has 1 aliphatic rings. The molecule has 1 fully saturated rings. The lowest BCUT2D eigenvalue weighted by molar-refractivity contribution is -0.105. The summed E-state index contributed by atoms with van der Waals surface area (Å²) in [5, 5.41) is 2.44. The molecule has 0 saturated heterocycles. The summed E-state index contributed by atoms with van der Waals surface area (Å²) in [6, 6.07) is 1.73. The Kier molecular flexibility index (Phi) is 11.4. The molecule has 2 rings (SSSR count). The van der Waals surface area contributed by atoms with Gasteiger partial charge in [0.05, 0.1) is 12.8 Å². The van der Waals surface area contributed by atoms with Gasteiger partial charge in [-0.3, -0.25) is 4.79 Å². The summed E-state index contributed by atoms with van der Waals surface area (Å²) in [6.45, 7) is 10.6. The second kappa shape index (κ2) is 12.1. The van der Waals surface area contributed by atoms with Crippen LogP contribution in [-0.2, 0) is 9.53 Å². The van der Waals surface area contributed by atoms with Crippen LogP contribution in [0.15, 0.2) is 6.07 Å². The summed E-state index contributed by atoms with van der Waals surface area (Å²) in [6.07, 6.45) is 6.43. The van der Waals surface area contributed by atoms with Crippen LogP contribution in [0.2, 0.25) is 0 Å². The Bertz CT molecular complexity index is 453. The van der Waals surface area contributed by atoms with Crippen LogP contribution in [0.4, 0.5) is 5.69 Å². The number of hydrogen-bond acceptors (Lipinski definition) is 4. The highest BCUT2D eigenvalue weighted by Crippen LogP contribution is 2.27. The maximum atomic E-state index is 11.2. The molecular weight excluding hydrogens is 310 g/mol. The average Bonchev–Trinajstić information content (AvgIpc) is 2.93. The molecule has 0 radical (unpaired) electrons. The highest BCUT2D eigenvalue weighted by atomic mass is 32.1. The SMILES string of the molecule is CC.CC1CCC(C)CC1.COC(=O)c1sc(C)cc1NC=O. The Balaban J connectivity index is 0.000000414. The summed E-state index contributed by atoms with van der Waals surface area (Å²) in [4.78, 5) is 22.7. The lowest BCUT2D eigenvalue weighted by Crippen LogP contribution is -2.08. The zero-order valence-corrected chi connectivity index (χ0v) is 16.1. The van der Waals surface area contributed by atoms with Gasteiger partial charge >= 0.3 is 5.97 Å². The van der Waals surface area contributed by atoms with Gasteiger partial charge in [0, 0.05) is 4.88 Å². The van der Waals surface area contributed by atoms with E-state index in [2.05, 4.69) is 23.9 Å². The molecule has 0 bridgehead atoms. The summed E-state index contributed by atoms with van der Waals surface area (Å²) in [7, 11) is 1.31. The Hall–Kier alpha value is -1.36. The van der Waals surface area contributed by atoms with E-state index >= 15 is 0 Å². The number of thiophene rings is 1. The topological polar surface area (TPSA) is 55.4 Å². The van der Waals surface area contributed by atoms with Crippen LogP contribution in [-0.4, -0.2) is 19.5 Å². The number of carbonyl (C=O) groups excluding carboxylic acids is 2. The van der Waals surface area contributed by atoms with Gasteiger partial charge in [0.25, 0.3) is 0 Å². The molecule has 1 heterocycles. The van der Waals surface area contributed by atoms with E-state index in [1.54, 1.807) is 6.07 Å². The Labute approximate surface area is 144 Å². The van der Waals surface area contributed by atoms with Crippen LogP contribution < -0.4 is 5.32 Å². The maximum Gasteiger partial charge on any atom is 0.350 e. The van der Waals surface area contributed by atoms with Crippen LogP contribution in [0.5, 0.6) is 0 Å². The van der Waals surface area contributed by atoms with Gasteiger partial charge in [0.15, 0.2) is 0 Å². The minimum Gasteiger partial charge on any atom is -0.465 e. The van der Waals surface area contributed by atoms with Crippen molar-refractivity contribution in [3.63, 3.8) is 0 Å². The summed E-state index contributed by atoms with van der Waals surface area (Å²) in [5.74, 6) is 1.61. The molecule has 0 spiro atoms. The largest absolute Gasteiger partial charge is 0.465 e. The number of aryl methyl sites for hydroxylation is 1. The first-order valence-electron chi connectivity index (χ1n) is 8.36.